The molecule has 0 aliphatic heterocycles. The summed E-state index contributed by atoms with van der Waals surface area (Å²) in [6.07, 6.45) is 6.20. The van der Waals surface area contributed by atoms with Gasteiger partial charge in [-0.15, -0.1) is 0 Å². The molecular weight excluding hydrogens is 218 g/mol. The van der Waals surface area contributed by atoms with Gasteiger partial charge in [-0.05, 0) is 6.42 Å². The van der Waals surface area contributed by atoms with Crippen molar-refractivity contribution < 1.29 is 0 Å². The van der Waals surface area contributed by atoms with Crippen molar-refractivity contribution in [2.75, 3.05) is 11.9 Å². The van der Waals surface area contributed by atoms with E-state index in [0.29, 0.717) is 17.1 Å². The molecule has 0 saturated carbocycles. The van der Waals surface area contributed by atoms with Crippen LogP contribution in [-0.2, 0) is 0 Å². The maximum absolute atomic E-state index is 11.6. The minimum absolute atomic E-state index is 0.191. The van der Waals surface area contributed by atoms with Gasteiger partial charge in [-0.25, -0.2) is 4.98 Å². The molecule has 0 bridgehead atoms. The molecular formula is C11H17N5O. The Balaban J connectivity index is 1.97. The van der Waals surface area contributed by atoms with Gasteiger partial charge in [0.2, 0.25) is 5.95 Å². The molecule has 0 amide bonds. The van der Waals surface area contributed by atoms with Crippen LogP contribution in [0.15, 0.2) is 11.1 Å². The van der Waals surface area contributed by atoms with Crippen LogP contribution >= 0.6 is 0 Å². The van der Waals surface area contributed by atoms with Gasteiger partial charge in [0.25, 0.3) is 5.56 Å². The standard InChI is InChI=1S/C11H17N5O/c1-2-3-4-5-6-12-11-15-9-8(10(17)16-11)13-7-14-9/h7H,2-6H2,1H3,(H3,12,13,14,15,16,17). The van der Waals surface area contributed by atoms with E-state index in [2.05, 4.69) is 32.2 Å². The minimum Gasteiger partial charge on any atom is -0.356 e. The first-order valence-corrected chi connectivity index (χ1v) is 5.98. The molecule has 2 aromatic heterocycles. The van der Waals surface area contributed by atoms with E-state index in [4.69, 9.17) is 0 Å². The average molecular weight is 235 g/mol. The second kappa shape index (κ2) is 5.47. The molecule has 0 aliphatic carbocycles. The average Bonchev–Trinajstić information content (AvgIpc) is 2.77. The SMILES string of the molecule is CCCCCCNc1nc2nc[nH]c2c(=O)[nH]1. The Bertz CT molecular complexity index is 530. The van der Waals surface area contributed by atoms with Gasteiger partial charge in [0.15, 0.2) is 11.2 Å². The molecule has 6 heteroatoms. The monoisotopic (exact) mass is 235 g/mol. The smallest absolute Gasteiger partial charge is 0.278 e. The molecule has 0 radical (unpaired) electrons. The highest BCUT2D eigenvalue weighted by molar-refractivity contribution is 5.69. The second-order valence-corrected chi connectivity index (χ2v) is 4.00. The minimum atomic E-state index is -0.191. The van der Waals surface area contributed by atoms with Crippen LogP contribution in [0.2, 0.25) is 0 Å². The Morgan fingerprint density at radius 2 is 2.24 bits per heavy atom. The second-order valence-electron chi connectivity index (χ2n) is 4.00. The third-order valence-corrected chi connectivity index (χ3v) is 2.62. The van der Waals surface area contributed by atoms with Crippen LogP contribution < -0.4 is 10.9 Å². The number of rotatable bonds is 6. The first-order valence-electron chi connectivity index (χ1n) is 5.98. The molecule has 0 aromatic carbocycles. The molecule has 92 valence electrons. The maximum atomic E-state index is 11.6. The molecule has 0 saturated heterocycles. The molecule has 2 heterocycles. The fourth-order valence-corrected chi connectivity index (χ4v) is 1.69. The van der Waals surface area contributed by atoms with E-state index in [-0.39, 0.29) is 5.56 Å². The van der Waals surface area contributed by atoms with Gasteiger partial charge in [0.05, 0.1) is 6.33 Å². The third kappa shape index (κ3) is 2.83. The van der Waals surface area contributed by atoms with Gasteiger partial charge in [0.1, 0.15) is 0 Å². The Hall–Kier alpha value is -1.85. The van der Waals surface area contributed by atoms with Gasteiger partial charge in [-0.2, -0.15) is 4.98 Å². The number of aromatic nitrogens is 4. The van der Waals surface area contributed by atoms with Crippen LogP contribution in [0.4, 0.5) is 5.95 Å². The predicted molar refractivity (Wildman–Crippen MR) is 67.1 cm³/mol. The van der Waals surface area contributed by atoms with Crippen LogP contribution in [-0.4, -0.2) is 26.5 Å². The van der Waals surface area contributed by atoms with E-state index in [1.807, 2.05) is 0 Å². The molecule has 3 N–H and O–H groups in total. The summed E-state index contributed by atoms with van der Waals surface area (Å²) in [7, 11) is 0. The maximum Gasteiger partial charge on any atom is 0.278 e. The summed E-state index contributed by atoms with van der Waals surface area (Å²) in [5.74, 6) is 0.492. The first kappa shape index (κ1) is 11.6. The van der Waals surface area contributed by atoms with E-state index in [0.717, 1.165) is 13.0 Å². The predicted octanol–water partition coefficient (Wildman–Crippen LogP) is 1.64. The van der Waals surface area contributed by atoms with Crippen molar-refractivity contribution in [1.29, 1.82) is 0 Å². The van der Waals surface area contributed by atoms with Gasteiger partial charge in [-0.1, -0.05) is 26.2 Å². The van der Waals surface area contributed by atoms with Crippen molar-refractivity contribution in [1.82, 2.24) is 19.9 Å². The zero-order valence-electron chi connectivity index (χ0n) is 9.92. The van der Waals surface area contributed by atoms with Crippen molar-refractivity contribution in [3.05, 3.63) is 16.7 Å². The Morgan fingerprint density at radius 1 is 1.35 bits per heavy atom. The number of imidazole rings is 1. The number of aromatic amines is 2. The molecule has 0 fully saturated rings. The van der Waals surface area contributed by atoms with Crippen LogP contribution in [0.5, 0.6) is 0 Å². The van der Waals surface area contributed by atoms with Crippen LogP contribution in [0.25, 0.3) is 11.2 Å². The van der Waals surface area contributed by atoms with Crippen molar-refractivity contribution in [2.24, 2.45) is 0 Å². The summed E-state index contributed by atoms with van der Waals surface area (Å²) < 4.78 is 0. The van der Waals surface area contributed by atoms with E-state index < -0.39 is 0 Å². The van der Waals surface area contributed by atoms with E-state index in [1.54, 1.807) is 0 Å². The van der Waals surface area contributed by atoms with E-state index in [9.17, 15) is 4.79 Å². The summed E-state index contributed by atoms with van der Waals surface area (Å²) in [4.78, 5) is 25.2. The number of hydrogen-bond acceptors (Lipinski definition) is 4. The van der Waals surface area contributed by atoms with Crippen molar-refractivity contribution >= 4 is 17.1 Å². The van der Waals surface area contributed by atoms with Crippen molar-refractivity contribution in [3.8, 4) is 0 Å². The summed E-state index contributed by atoms with van der Waals surface area (Å²) in [6.45, 7) is 3.00. The topological polar surface area (TPSA) is 86.5 Å². The molecule has 0 spiro atoms. The lowest BCUT2D eigenvalue weighted by atomic mass is 10.2. The Labute approximate surface area is 98.9 Å². The molecule has 2 aromatic rings. The molecule has 0 unspecified atom stereocenters. The fraction of sp³-hybridized carbons (Fsp3) is 0.545. The lowest BCUT2D eigenvalue weighted by molar-refractivity contribution is 0.683. The molecule has 0 aliphatic rings. The third-order valence-electron chi connectivity index (χ3n) is 2.62. The van der Waals surface area contributed by atoms with Crippen molar-refractivity contribution in [3.63, 3.8) is 0 Å². The van der Waals surface area contributed by atoms with Crippen LogP contribution in [0.1, 0.15) is 32.6 Å². The highest BCUT2D eigenvalue weighted by Gasteiger charge is 2.04. The normalized spacial score (nSPS) is 10.9. The molecule has 17 heavy (non-hydrogen) atoms. The largest absolute Gasteiger partial charge is 0.356 e. The summed E-state index contributed by atoms with van der Waals surface area (Å²) in [5.41, 5.74) is 0.676. The zero-order valence-corrected chi connectivity index (χ0v) is 9.92. The number of unbranched alkanes of at least 4 members (excludes halogenated alkanes) is 3. The fourth-order valence-electron chi connectivity index (χ4n) is 1.69. The molecule has 2 rings (SSSR count). The van der Waals surface area contributed by atoms with Gasteiger partial charge < -0.3 is 10.3 Å². The molecule has 6 nitrogen and oxygen atoms in total. The lowest BCUT2D eigenvalue weighted by Gasteiger charge is -2.04. The number of hydrogen-bond donors (Lipinski definition) is 3. The number of fused-ring (bicyclic) bond motifs is 1. The first-order chi connectivity index (χ1) is 8.31. The highest BCUT2D eigenvalue weighted by Crippen LogP contribution is 2.04. The zero-order chi connectivity index (χ0) is 12.1. The van der Waals surface area contributed by atoms with Gasteiger partial charge >= 0.3 is 0 Å². The van der Waals surface area contributed by atoms with Crippen LogP contribution in [0, 0.1) is 0 Å². The van der Waals surface area contributed by atoms with Crippen LogP contribution in [0.3, 0.4) is 0 Å². The summed E-state index contributed by atoms with van der Waals surface area (Å²) in [5, 5.41) is 3.11. The Morgan fingerprint density at radius 3 is 3.06 bits per heavy atom. The lowest BCUT2D eigenvalue weighted by Crippen LogP contribution is -2.14. The summed E-state index contributed by atoms with van der Waals surface area (Å²) in [6, 6.07) is 0. The van der Waals surface area contributed by atoms with E-state index in [1.165, 1.54) is 25.6 Å². The van der Waals surface area contributed by atoms with E-state index >= 15 is 0 Å². The van der Waals surface area contributed by atoms with Gasteiger partial charge in [0, 0.05) is 6.54 Å². The number of nitrogens with zero attached hydrogens (tertiary/aromatic N) is 2. The molecule has 0 atom stereocenters. The highest BCUT2D eigenvalue weighted by atomic mass is 16.1. The number of nitrogens with one attached hydrogen (secondary N) is 3. The van der Waals surface area contributed by atoms with Crippen molar-refractivity contribution in [2.45, 2.75) is 32.6 Å². The summed E-state index contributed by atoms with van der Waals surface area (Å²) >= 11 is 0. The van der Waals surface area contributed by atoms with Gasteiger partial charge in [-0.3, -0.25) is 9.78 Å². The quantitative estimate of drug-likeness (QED) is 0.664. The number of H-pyrrole nitrogens is 2. The number of anilines is 1. The Kier molecular flexibility index (Phi) is 3.74.